The molecule has 3 N–H and O–H groups in total. The molecule has 0 saturated carbocycles. The second-order valence-corrected chi connectivity index (χ2v) is 8.65. The Morgan fingerprint density at radius 3 is 2.29 bits per heavy atom. The molecule has 1 aliphatic rings. The maximum Gasteiger partial charge on any atom is 0.307 e. The van der Waals surface area contributed by atoms with Crippen molar-refractivity contribution < 1.29 is 23.9 Å². The summed E-state index contributed by atoms with van der Waals surface area (Å²) in [6.45, 7) is 1.72. The van der Waals surface area contributed by atoms with Gasteiger partial charge in [0.05, 0.1) is 22.8 Å². The zero-order chi connectivity index (χ0) is 22.4. The monoisotopic (exact) mass is 442 g/mol. The highest BCUT2D eigenvalue weighted by atomic mass is 32.2. The van der Waals surface area contributed by atoms with Crippen molar-refractivity contribution in [3.05, 3.63) is 66.5 Å². The number of hydrogen-bond acceptors (Lipinski definition) is 4. The number of anilines is 2. The van der Waals surface area contributed by atoms with Crippen LogP contribution in [0, 0.1) is 17.7 Å². The van der Waals surface area contributed by atoms with Gasteiger partial charge in [0.25, 0.3) is 0 Å². The Kier molecular flexibility index (Phi) is 7.46. The van der Waals surface area contributed by atoms with Crippen LogP contribution in [0.5, 0.6) is 0 Å². The van der Waals surface area contributed by atoms with E-state index in [9.17, 15) is 23.9 Å². The number of nitrogens with one attached hydrogen (secondary N) is 2. The molecule has 0 fully saturated rings. The van der Waals surface area contributed by atoms with Gasteiger partial charge in [-0.1, -0.05) is 24.3 Å². The van der Waals surface area contributed by atoms with Crippen LogP contribution in [0.4, 0.5) is 15.8 Å². The minimum atomic E-state index is -0.973. The van der Waals surface area contributed by atoms with Crippen molar-refractivity contribution in [2.75, 3.05) is 10.6 Å². The van der Waals surface area contributed by atoms with E-state index < -0.39 is 28.9 Å². The highest BCUT2D eigenvalue weighted by Crippen LogP contribution is 2.29. The Balaban J connectivity index is 1.56. The van der Waals surface area contributed by atoms with Gasteiger partial charge in [-0.15, -0.1) is 11.8 Å². The van der Waals surface area contributed by atoms with Gasteiger partial charge < -0.3 is 15.7 Å². The molecule has 0 aliphatic heterocycles. The highest BCUT2D eigenvalue weighted by Gasteiger charge is 2.33. The first kappa shape index (κ1) is 22.6. The van der Waals surface area contributed by atoms with Crippen LogP contribution in [-0.2, 0) is 14.4 Å². The summed E-state index contributed by atoms with van der Waals surface area (Å²) in [7, 11) is 0. The molecule has 2 amide bonds. The normalized spacial score (nSPS) is 18.8. The Labute approximate surface area is 183 Å². The number of aliphatic carboxylic acids is 1. The summed E-state index contributed by atoms with van der Waals surface area (Å²) in [5, 5.41) is 14.2. The average molecular weight is 443 g/mol. The molecule has 0 bridgehead atoms. The second-order valence-electron chi connectivity index (χ2n) is 7.24. The van der Waals surface area contributed by atoms with Gasteiger partial charge in [-0.05, 0) is 56.2 Å². The molecule has 31 heavy (non-hydrogen) atoms. The number of rotatable bonds is 7. The summed E-state index contributed by atoms with van der Waals surface area (Å²) in [6, 6.07) is 12.9. The Hall–Kier alpha value is -3.13. The van der Waals surface area contributed by atoms with Crippen molar-refractivity contribution in [2.24, 2.45) is 11.8 Å². The number of para-hydroxylation sites is 1. The maximum atomic E-state index is 13.7. The number of carbonyl (C=O) groups excluding carboxylic acids is 2. The molecule has 6 nitrogen and oxygen atoms in total. The van der Waals surface area contributed by atoms with Gasteiger partial charge in [-0.25, -0.2) is 4.39 Å². The standard InChI is InChI=1S/C23H23FN2O4S/c1-14(21(27)26-20-9-5-4-8-19(20)24)31-16-12-10-15(11-13-16)25-22(28)17-6-2-3-7-18(17)23(29)30/h2-5,8-14,17-18H,6-7H2,1H3,(H,25,28)(H,26,27)(H,29,30). The predicted octanol–water partition coefficient (Wildman–Crippen LogP) is 4.55. The van der Waals surface area contributed by atoms with Gasteiger partial charge in [-0.3, -0.25) is 14.4 Å². The molecule has 3 unspecified atom stereocenters. The second kappa shape index (κ2) is 10.3. The average Bonchev–Trinajstić information content (AvgIpc) is 2.76. The van der Waals surface area contributed by atoms with Crippen LogP contribution < -0.4 is 10.6 Å². The number of benzene rings is 2. The number of carboxylic acids is 1. The summed E-state index contributed by atoms with van der Waals surface area (Å²) in [6.07, 6.45) is 4.36. The zero-order valence-electron chi connectivity index (χ0n) is 16.9. The van der Waals surface area contributed by atoms with Crippen LogP contribution >= 0.6 is 11.8 Å². The van der Waals surface area contributed by atoms with Crippen molar-refractivity contribution in [1.82, 2.24) is 0 Å². The Bertz CT molecular complexity index is 993. The van der Waals surface area contributed by atoms with E-state index in [4.69, 9.17) is 0 Å². The molecule has 1 aliphatic carbocycles. The zero-order valence-corrected chi connectivity index (χ0v) is 17.7. The fraction of sp³-hybridized carbons (Fsp3) is 0.261. The number of thioether (sulfide) groups is 1. The number of carbonyl (C=O) groups is 3. The van der Waals surface area contributed by atoms with Crippen LogP contribution in [0.25, 0.3) is 0 Å². The van der Waals surface area contributed by atoms with Gasteiger partial charge in [0.2, 0.25) is 11.8 Å². The van der Waals surface area contributed by atoms with E-state index in [1.54, 1.807) is 49.4 Å². The lowest BCUT2D eigenvalue weighted by Crippen LogP contribution is -2.34. The third-order valence-electron chi connectivity index (χ3n) is 5.02. The van der Waals surface area contributed by atoms with E-state index >= 15 is 0 Å². The summed E-state index contributed by atoms with van der Waals surface area (Å²) in [4.78, 5) is 37.1. The molecule has 0 spiro atoms. The minimum absolute atomic E-state index is 0.134. The number of allylic oxidation sites excluding steroid dienone is 2. The topological polar surface area (TPSA) is 95.5 Å². The van der Waals surface area contributed by atoms with E-state index in [1.807, 2.05) is 6.08 Å². The highest BCUT2D eigenvalue weighted by molar-refractivity contribution is 8.00. The smallest absolute Gasteiger partial charge is 0.307 e. The number of halogens is 1. The molecule has 3 atom stereocenters. The molecule has 8 heteroatoms. The third kappa shape index (κ3) is 5.95. The van der Waals surface area contributed by atoms with Crippen LogP contribution in [0.1, 0.15) is 19.8 Å². The quantitative estimate of drug-likeness (QED) is 0.432. The minimum Gasteiger partial charge on any atom is -0.481 e. The lowest BCUT2D eigenvalue weighted by Gasteiger charge is -2.24. The number of amides is 2. The first-order valence-electron chi connectivity index (χ1n) is 9.86. The maximum absolute atomic E-state index is 13.7. The lowest BCUT2D eigenvalue weighted by atomic mass is 9.82. The van der Waals surface area contributed by atoms with Crippen molar-refractivity contribution >= 4 is 40.9 Å². The van der Waals surface area contributed by atoms with E-state index in [2.05, 4.69) is 10.6 Å². The fourth-order valence-electron chi connectivity index (χ4n) is 3.28. The van der Waals surface area contributed by atoms with E-state index in [-0.39, 0.29) is 17.5 Å². The van der Waals surface area contributed by atoms with Gasteiger partial charge >= 0.3 is 5.97 Å². The number of carboxylic acid groups (broad SMARTS) is 1. The van der Waals surface area contributed by atoms with Gasteiger partial charge in [0.15, 0.2) is 0 Å². The van der Waals surface area contributed by atoms with Crippen molar-refractivity contribution in [3.8, 4) is 0 Å². The molecule has 0 aromatic heterocycles. The summed E-state index contributed by atoms with van der Waals surface area (Å²) < 4.78 is 13.7. The summed E-state index contributed by atoms with van der Waals surface area (Å²) in [5.74, 6) is -3.45. The predicted molar refractivity (Wildman–Crippen MR) is 118 cm³/mol. The van der Waals surface area contributed by atoms with Gasteiger partial charge in [0.1, 0.15) is 5.82 Å². The van der Waals surface area contributed by atoms with Crippen LogP contribution in [0.3, 0.4) is 0 Å². The number of hydrogen-bond donors (Lipinski definition) is 3. The first-order chi connectivity index (χ1) is 14.8. The molecular formula is C23H23FN2O4S. The van der Waals surface area contributed by atoms with Crippen molar-refractivity contribution in [2.45, 2.75) is 29.9 Å². The van der Waals surface area contributed by atoms with Gasteiger partial charge in [0, 0.05) is 10.6 Å². The molecule has 0 radical (unpaired) electrons. The van der Waals surface area contributed by atoms with Crippen LogP contribution in [0.15, 0.2) is 65.6 Å². The fourth-order valence-corrected chi connectivity index (χ4v) is 4.15. The SMILES string of the molecule is CC(Sc1ccc(NC(=O)C2CC=CCC2C(=O)O)cc1)C(=O)Nc1ccccc1F. The molecule has 0 heterocycles. The Morgan fingerprint density at radius 1 is 1.00 bits per heavy atom. The summed E-state index contributed by atoms with van der Waals surface area (Å²) >= 11 is 1.30. The van der Waals surface area contributed by atoms with E-state index in [0.717, 1.165) is 4.90 Å². The van der Waals surface area contributed by atoms with E-state index in [0.29, 0.717) is 18.5 Å². The molecular weight excluding hydrogens is 419 g/mol. The third-order valence-corrected chi connectivity index (χ3v) is 6.13. The molecule has 162 valence electrons. The van der Waals surface area contributed by atoms with E-state index in [1.165, 1.54) is 23.9 Å². The molecule has 2 aromatic rings. The largest absolute Gasteiger partial charge is 0.481 e. The summed E-state index contributed by atoms with van der Waals surface area (Å²) in [5.41, 5.74) is 0.687. The van der Waals surface area contributed by atoms with Crippen molar-refractivity contribution in [3.63, 3.8) is 0 Å². The van der Waals surface area contributed by atoms with Gasteiger partial charge in [-0.2, -0.15) is 0 Å². The molecule has 3 rings (SSSR count). The van der Waals surface area contributed by atoms with Crippen LogP contribution in [-0.4, -0.2) is 28.1 Å². The Morgan fingerprint density at radius 2 is 1.65 bits per heavy atom. The van der Waals surface area contributed by atoms with Crippen LogP contribution in [0.2, 0.25) is 0 Å². The molecule has 2 aromatic carbocycles. The molecule has 0 saturated heterocycles. The van der Waals surface area contributed by atoms with Crippen molar-refractivity contribution in [1.29, 1.82) is 0 Å². The lowest BCUT2D eigenvalue weighted by molar-refractivity contribution is -0.146. The first-order valence-corrected chi connectivity index (χ1v) is 10.7.